The van der Waals surface area contributed by atoms with Gasteiger partial charge in [-0.05, 0) is 44.9 Å². The standard InChI is InChI=1S/C16H27NO/c1-4-5-6-7-8-9-14(2)12-17(15(3)18)13-16-10-11-16/h5-6,9,16H,4,7-8,10-13H2,1-3H3/b6-5-,14-9-. The highest BCUT2D eigenvalue weighted by Crippen LogP contribution is 2.29. The number of allylic oxidation sites excluding steroid dienone is 3. The molecule has 0 saturated heterocycles. The topological polar surface area (TPSA) is 20.3 Å². The quantitative estimate of drug-likeness (QED) is 0.471. The lowest BCUT2D eigenvalue weighted by Gasteiger charge is -2.21. The van der Waals surface area contributed by atoms with E-state index >= 15 is 0 Å². The van der Waals surface area contributed by atoms with E-state index in [0.717, 1.165) is 38.3 Å². The molecule has 1 fully saturated rings. The minimum Gasteiger partial charge on any atom is -0.339 e. The van der Waals surface area contributed by atoms with Gasteiger partial charge in [0.05, 0.1) is 0 Å². The van der Waals surface area contributed by atoms with Crippen LogP contribution in [-0.2, 0) is 4.79 Å². The number of unbranched alkanes of at least 4 members (excludes halogenated alkanes) is 1. The Morgan fingerprint density at radius 3 is 2.50 bits per heavy atom. The van der Waals surface area contributed by atoms with Gasteiger partial charge in [0, 0.05) is 20.0 Å². The second-order valence-corrected chi connectivity index (χ2v) is 5.35. The number of hydrogen-bond donors (Lipinski definition) is 0. The molecular weight excluding hydrogens is 222 g/mol. The summed E-state index contributed by atoms with van der Waals surface area (Å²) in [5, 5.41) is 0. The van der Waals surface area contributed by atoms with Gasteiger partial charge in [-0.3, -0.25) is 4.79 Å². The van der Waals surface area contributed by atoms with Crippen LogP contribution in [0.15, 0.2) is 23.8 Å². The molecule has 1 amide bonds. The van der Waals surface area contributed by atoms with E-state index in [1.165, 1.54) is 18.4 Å². The van der Waals surface area contributed by atoms with Crippen LogP contribution in [-0.4, -0.2) is 23.9 Å². The van der Waals surface area contributed by atoms with Crippen LogP contribution >= 0.6 is 0 Å². The average molecular weight is 249 g/mol. The molecule has 0 aliphatic heterocycles. The molecule has 0 radical (unpaired) electrons. The molecule has 0 aromatic heterocycles. The Hall–Kier alpha value is -1.05. The van der Waals surface area contributed by atoms with Crippen molar-refractivity contribution in [1.82, 2.24) is 4.90 Å². The molecule has 0 heterocycles. The molecular formula is C16H27NO. The lowest BCUT2D eigenvalue weighted by molar-refractivity contribution is -0.128. The van der Waals surface area contributed by atoms with Gasteiger partial charge < -0.3 is 4.90 Å². The molecule has 0 unspecified atom stereocenters. The third-order valence-electron chi connectivity index (χ3n) is 3.29. The van der Waals surface area contributed by atoms with E-state index in [1.807, 2.05) is 4.90 Å². The van der Waals surface area contributed by atoms with Crippen LogP contribution in [0.25, 0.3) is 0 Å². The maximum atomic E-state index is 11.5. The van der Waals surface area contributed by atoms with Crippen molar-refractivity contribution in [2.45, 2.75) is 52.9 Å². The fourth-order valence-corrected chi connectivity index (χ4v) is 1.99. The third kappa shape index (κ3) is 6.63. The number of hydrogen-bond acceptors (Lipinski definition) is 1. The minimum absolute atomic E-state index is 0.209. The van der Waals surface area contributed by atoms with Gasteiger partial charge in [-0.1, -0.05) is 30.7 Å². The van der Waals surface area contributed by atoms with Crippen LogP contribution in [0.4, 0.5) is 0 Å². The summed E-state index contributed by atoms with van der Waals surface area (Å²) in [6, 6.07) is 0. The molecule has 1 saturated carbocycles. The molecule has 0 N–H and O–H groups in total. The van der Waals surface area contributed by atoms with Crippen LogP contribution in [0.5, 0.6) is 0 Å². The molecule has 18 heavy (non-hydrogen) atoms. The van der Waals surface area contributed by atoms with Crippen molar-refractivity contribution in [2.24, 2.45) is 5.92 Å². The van der Waals surface area contributed by atoms with E-state index in [-0.39, 0.29) is 5.91 Å². The second-order valence-electron chi connectivity index (χ2n) is 5.35. The van der Waals surface area contributed by atoms with Crippen LogP contribution < -0.4 is 0 Å². The fourth-order valence-electron chi connectivity index (χ4n) is 1.99. The van der Waals surface area contributed by atoms with Crippen molar-refractivity contribution >= 4 is 5.91 Å². The van der Waals surface area contributed by atoms with Crippen LogP contribution in [0.2, 0.25) is 0 Å². The Kier molecular flexibility index (Phi) is 6.77. The van der Waals surface area contributed by atoms with E-state index in [2.05, 4.69) is 32.1 Å². The summed E-state index contributed by atoms with van der Waals surface area (Å²) in [6.45, 7) is 7.73. The van der Waals surface area contributed by atoms with E-state index in [1.54, 1.807) is 6.92 Å². The summed E-state index contributed by atoms with van der Waals surface area (Å²) in [6.07, 6.45) is 12.6. The van der Waals surface area contributed by atoms with Crippen LogP contribution in [0.1, 0.15) is 52.9 Å². The van der Waals surface area contributed by atoms with E-state index in [0.29, 0.717) is 0 Å². The van der Waals surface area contributed by atoms with E-state index < -0.39 is 0 Å². The van der Waals surface area contributed by atoms with Crippen molar-refractivity contribution < 1.29 is 4.79 Å². The SMILES string of the molecule is CC/C=C\CC/C=C(/C)CN(CC1CC1)C(C)=O. The molecule has 0 bridgehead atoms. The summed E-state index contributed by atoms with van der Waals surface area (Å²) in [5.41, 5.74) is 1.32. The van der Waals surface area contributed by atoms with Gasteiger partial charge in [-0.15, -0.1) is 0 Å². The maximum absolute atomic E-state index is 11.5. The van der Waals surface area contributed by atoms with Crippen molar-refractivity contribution in [2.75, 3.05) is 13.1 Å². The van der Waals surface area contributed by atoms with Gasteiger partial charge in [-0.25, -0.2) is 0 Å². The zero-order valence-electron chi connectivity index (χ0n) is 12.1. The summed E-state index contributed by atoms with van der Waals surface area (Å²) in [5.74, 6) is 0.981. The first-order chi connectivity index (χ1) is 8.63. The highest BCUT2D eigenvalue weighted by molar-refractivity contribution is 5.73. The summed E-state index contributed by atoms with van der Waals surface area (Å²) < 4.78 is 0. The van der Waals surface area contributed by atoms with Gasteiger partial charge in [0.2, 0.25) is 5.91 Å². The number of carbonyl (C=O) groups excluding carboxylic acids is 1. The van der Waals surface area contributed by atoms with Gasteiger partial charge in [0.25, 0.3) is 0 Å². The Bertz CT molecular complexity index is 313. The summed E-state index contributed by atoms with van der Waals surface area (Å²) >= 11 is 0. The Balaban J connectivity index is 2.29. The normalized spacial score (nSPS) is 16.3. The molecule has 1 aliphatic carbocycles. The molecule has 0 aromatic rings. The van der Waals surface area contributed by atoms with Gasteiger partial charge >= 0.3 is 0 Å². The number of carbonyl (C=O) groups is 1. The molecule has 2 heteroatoms. The molecule has 0 atom stereocenters. The number of rotatable bonds is 8. The summed E-state index contributed by atoms with van der Waals surface area (Å²) in [7, 11) is 0. The van der Waals surface area contributed by atoms with Gasteiger partial charge in [0.15, 0.2) is 0 Å². The first-order valence-corrected chi connectivity index (χ1v) is 7.19. The largest absolute Gasteiger partial charge is 0.339 e. The number of nitrogens with zero attached hydrogens (tertiary/aromatic N) is 1. The maximum Gasteiger partial charge on any atom is 0.219 e. The van der Waals surface area contributed by atoms with Crippen LogP contribution in [0, 0.1) is 5.92 Å². The van der Waals surface area contributed by atoms with Crippen LogP contribution in [0.3, 0.4) is 0 Å². The van der Waals surface area contributed by atoms with Gasteiger partial charge in [0.1, 0.15) is 0 Å². The first-order valence-electron chi connectivity index (χ1n) is 7.19. The molecule has 0 spiro atoms. The minimum atomic E-state index is 0.209. The van der Waals surface area contributed by atoms with Crippen molar-refractivity contribution in [3.63, 3.8) is 0 Å². The van der Waals surface area contributed by atoms with Crippen molar-refractivity contribution in [3.05, 3.63) is 23.8 Å². The summed E-state index contributed by atoms with van der Waals surface area (Å²) in [4.78, 5) is 13.5. The predicted octanol–water partition coefficient (Wildman–Crippen LogP) is 3.94. The Labute approximate surface area is 112 Å². The Morgan fingerprint density at radius 2 is 1.94 bits per heavy atom. The predicted molar refractivity (Wildman–Crippen MR) is 77.4 cm³/mol. The lowest BCUT2D eigenvalue weighted by atomic mass is 10.2. The smallest absolute Gasteiger partial charge is 0.219 e. The molecule has 2 nitrogen and oxygen atoms in total. The second kappa shape index (κ2) is 8.12. The number of amides is 1. The first kappa shape index (κ1) is 15.0. The molecule has 0 aromatic carbocycles. The zero-order valence-corrected chi connectivity index (χ0v) is 12.1. The fraction of sp³-hybridized carbons (Fsp3) is 0.688. The van der Waals surface area contributed by atoms with Gasteiger partial charge in [-0.2, -0.15) is 0 Å². The lowest BCUT2D eigenvalue weighted by Crippen LogP contribution is -2.32. The van der Waals surface area contributed by atoms with Crippen molar-refractivity contribution in [1.29, 1.82) is 0 Å². The highest BCUT2D eigenvalue weighted by Gasteiger charge is 2.25. The van der Waals surface area contributed by atoms with E-state index in [9.17, 15) is 4.79 Å². The zero-order chi connectivity index (χ0) is 13.4. The average Bonchev–Trinajstić information content (AvgIpc) is 3.11. The molecule has 1 rings (SSSR count). The Morgan fingerprint density at radius 1 is 1.22 bits per heavy atom. The monoisotopic (exact) mass is 249 g/mol. The molecule has 102 valence electrons. The van der Waals surface area contributed by atoms with Crippen molar-refractivity contribution in [3.8, 4) is 0 Å². The van der Waals surface area contributed by atoms with E-state index in [4.69, 9.17) is 0 Å². The molecule has 1 aliphatic rings. The highest BCUT2D eigenvalue weighted by atomic mass is 16.2. The third-order valence-corrected chi connectivity index (χ3v) is 3.29.